The number of benzene rings is 4. The van der Waals surface area contributed by atoms with Crippen molar-refractivity contribution < 1.29 is 9.47 Å². The molecule has 4 aromatic rings. The highest BCUT2D eigenvalue weighted by atomic mass is 31.1. The molecule has 2 N–H and O–H groups in total. The van der Waals surface area contributed by atoms with E-state index in [0.29, 0.717) is 0 Å². The van der Waals surface area contributed by atoms with E-state index in [2.05, 4.69) is 84.9 Å². The van der Waals surface area contributed by atoms with Crippen LogP contribution >= 0.6 is 7.92 Å². The molecule has 0 saturated heterocycles. The van der Waals surface area contributed by atoms with Gasteiger partial charge in [0.15, 0.2) is 0 Å². The van der Waals surface area contributed by atoms with Crippen LogP contribution in [0, 0.1) is 0 Å². The third-order valence-corrected chi connectivity index (χ3v) is 10.3. The molecule has 2 aliphatic carbocycles. The number of hydrogen-bond donors (Lipinski definition) is 1. The van der Waals surface area contributed by atoms with E-state index >= 15 is 0 Å². The summed E-state index contributed by atoms with van der Waals surface area (Å²) in [5, 5.41) is 4.09. The van der Waals surface area contributed by atoms with E-state index < -0.39 is 7.92 Å². The summed E-state index contributed by atoms with van der Waals surface area (Å²) in [6, 6.07) is 30.6. The summed E-state index contributed by atoms with van der Waals surface area (Å²) in [5.74, 6) is 1.76. The van der Waals surface area contributed by atoms with Crippen molar-refractivity contribution in [3.63, 3.8) is 0 Å². The fraction of sp³-hybridized carbons (Fsp3) is 0.226. The molecular weight excluding hydrogens is 449 g/mol. The van der Waals surface area contributed by atoms with Gasteiger partial charge in [-0.3, -0.25) is 0 Å². The third kappa shape index (κ3) is 3.53. The molecule has 0 bridgehead atoms. The van der Waals surface area contributed by atoms with Gasteiger partial charge in [0.05, 0.1) is 14.2 Å². The van der Waals surface area contributed by atoms with E-state index in [-0.39, 0.29) is 5.41 Å². The van der Waals surface area contributed by atoms with Crippen LogP contribution in [-0.2, 0) is 18.3 Å². The van der Waals surface area contributed by atoms with Crippen LogP contribution < -0.4 is 31.1 Å². The predicted octanol–water partition coefficient (Wildman–Crippen LogP) is 5.22. The number of hydrogen-bond acceptors (Lipinski definition) is 3. The van der Waals surface area contributed by atoms with Gasteiger partial charge in [-0.15, -0.1) is 0 Å². The summed E-state index contributed by atoms with van der Waals surface area (Å²) in [5.41, 5.74) is 13.4. The number of ether oxygens (including phenoxy) is 2. The van der Waals surface area contributed by atoms with Crippen molar-refractivity contribution >= 4 is 29.5 Å². The molecule has 4 heteroatoms. The smallest absolute Gasteiger partial charge is 0.118 e. The molecule has 6 rings (SSSR count). The fourth-order valence-corrected chi connectivity index (χ4v) is 8.85. The Kier molecular flexibility index (Phi) is 5.54. The minimum absolute atomic E-state index is 0.00608. The van der Waals surface area contributed by atoms with Crippen LogP contribution in [0.15, 0.2) is 84.9 Å². The number of nitrogen functional groups attached to an aromatic ring is 1. The van der Waals surface area contributed by atoms with E-state index in [1.165, 1.54) is 38.2 Å². The molecule has 4 aromatic carbocycles. The third-order valence-electron chi connectivity index (χ3n) is 7.81. The number of fused-ring (bicyclic) bond motifs is 4. The molecule has 2 aliphatic rings. The Balaban J connectivity index is 1.58. The van der Waals surface area contributed by atoms with Crippen LogP contribution in [0.4, 0.5) is 5.69 Å². The van der Waals surface area contributed by atoms with Crippen LogP contribution in [0.3, 0.4) is 0 Å². The zero-order valence-corrected chi connectivity index (χ0v) is 21.1. The zero-order chi connectivity index (χ0) is 24.0. The van der Waals surface area contributed by atoms with Gasteiger partial charge in [0.25, 0.3) is 0 Å². The standard InChI is InChI=1S/C31H30NO2P/c1-33-23-9-13-25(14-10-23)35(26-15-11-24(34-2)12-16-26)28-8-4-6-22-18-20-31(30(22)28)19-17-21-5-3-7-27(32)29(21)31/h3-16H,17-20,32H2,1-2H3/t31-/m1/s1. The molecule has 35 heavy (non-hydrogen) atoms. The van der Waals surface area contributed by atoms with Crippen LogP contribution in [-0.4, -0.2) is 14.2 Å². The Morgan fingerprint density at radius 3 is 1.71 bits per heavy atom. The Hall–Kier alpha value is -3.29. The second kappa shape index (κ2) is 8.73. The lowest BCUT2D eigenvalue weighted by Gasteiger charge is -2.32. The lowest BCUT2D eigenvalue weighted by molar-refractivity contribution is 0.415. The molecule has 0 radical (unpaired) electrons. The van der Waals surface area contributed by atoms with Crippen molar-refractivity contribution in [2.45, 2.75) is 31.1 Å². The summed E-state index contributed by atoms with van der Waals surface area (Å²) < 4.78 is 10.9. The first-order chi connectivity index (χ1) is 17.1. The van der Waals surface area contributed by atoms with Crippen molar-refractivity contribution in [2.24, 2.45) is 0 Å². The monoisotopic (exact) mass is 479 g/mol. The molecule has 0 amide bonds. The van der Waals surface area contributed by atoms with Crippen molar-refractivity contribution in [2.75, 3.05) is 20.0 Å². The molecule has 176 valence electrons. The molecule has 1 spiro atoms. The number of methoxy groups -OCH3 is 2. The van der Waals surface area contributed by atoms with Crippen molar-refractivity contribution in [1.82, 2.24) is 0 Å². The molecule has 0 aromatic heterocycles. The maximum Gasteiger partial charge on any atom is 0.118 e. The van der Waals surface area contributed by atoms with Crippen molar-refractivity contribution in [3.8, 4) is 11.5 Å². The van der Waals surface area contributed by atoms with E-state index in [0.717, 1.165) is 42.9 Å². The highest BCUT2D eigenvalue weighted by molar-refractivity contribution is 7.79. The highest BCUT2D eigenvalue weighted by Gasteiger charge is 2.47. The minimum Gasteiger partial charge on any atom is -0.497 e. The summed E-state index contributed by atoms with van der Waals surface area (Å²) in [7, 11) is 2.66. The summed E-state index contributed by atoms with van der Waals surface area (Å²) >= 11 is 0. The van der Waals surface area contributed by atoms with Crippen molar-refractivity contribution in [1.29, 1.82) is 0 Å². The molecule has 1 atom stereocenters. The number of nitrogens with two attached hydrogens (primary N) is 1. The quantitative estimate of drug-likeness (QED) is 0.315. The van der Waals surface area contributed by atoms with E-state index in [4.69, 9.17) is 15.2 Å². The molecule has 3 nitrogen and oxygen atoms in total. The predicted molar refractivity (Wildman–Crippen MR) is 147 cm³/mol. The molecule has 0 unspecified atom stereocenters. The second-order valence-electron chi connectivity index (χ2n) is 9.51. The maximum absolute atomic E-state index is 6.67. The van der Waals surface area contributed by atoms with E-state index in [1.54, 1.807) is 14.2 Å². The number of rotatable bonds is 5. The normalized spacial score (nSPS) is 18.0. The zero-order valence-electron chi connectivity index (χ0n) is 20.3. The molecule has 0 saturated carbocycles. The van der Waals surface area contributed by atoms with Crippen LogP contribution in [0.25, 0.3) is 0 Å². The van der Waals surface area contributed by atoms with Gasteiger partial charge in [-0.2, -0.15) is 0 Å². The Morgan fingerprint density at radius 1 is 0.657 bits per heavy atom. The average molecular weight is 480 g/mol. The van der Waals surface area contributed by atoms with Crippen LogP contribution in [0.5, 0.6) is 11.5 Å². The van der Waals surface area contributed by atoms with Gasteiger partial charge >= 0.3 is 0 Å². The minimum atomic E-state index is -0.777. The maximum atomic E-state index is 6.67. The van der Waals surface area contributed by atoms with Crippen LogP contribution in [0.1, 0.15) is 35.1 Å². The second-order valence-corrected chi connectivity index (χ2v) is 11.7. The Labute approximate surface area is 208 Å². The highest BCUT2D eigenvalue weighted by Crippen LogP contribution is 2.55. The Bertz CT molecular complexity index is 1330. The first-order valence-corrected chi connectivity index (χ1v) is 13.6. The van der Waals surface area contributed by atoms with Gasteiger partial charge in [0.1, 0.15) is 11.5 Å². The largest absolute Gasteiger partial charge is 0.497 e. The van der Waals surface area contributed by atoms with Gasteiger partial charge in [0.2, 0.25) is 0 Å². The van der Waals surface area contributed by atoms with Crippen molar-refractivity contribution in [3.05, 3.63) is 107 Å². The lowest BCUT2D eigenvalue weighted by atomic mass is 9.76. The SMILES string of the molecule is COc1ccc(P(c2ccc(OC)cc2)c2cccc3c2[C@]2(CCc4cccc(N)c42)CC3)cc1. The topological polar surface area (TPSA) is 44.5 Å². The average Bonchev–Trinajstić information content (AvgIpc) is 3.48. The first-order valence-electron chi connectivity index (χ1n) is 12.2. The summed E-state index contributed by atoms with van der Waals surface area (Å²) in [4.78, 5) is 0. The lowest BCUT2D eigenvalue weighted by Crippen LogP contribution is -2.32. The Morgan fingerprint density at radius 2 is 1.17 bits per heavy atom. The van der Waals surface area contributed by atoms with Crippen LogP contribution in [0.2, 0.25) is 0 Å². The molecule has 0 fully saturated rings. The van der Waals surface area contributed by atoms with E-state index in [9.17, 15) is 0 Å². The van der Waals surface area contributed by atoms with Gasteiger partial charge < -0.3 is 15.2 Å². The van der Waals surface area contributed by atoms with Gasteiger partial charge in [-0.1, -0.05) is 54.6 Å². The van der Waals surface area contributed by atoms with Gasteiger partial charge in [-0.25, -0.2) is 0 Å². The molecular formula is C31H30NO2P. The van der Waals surface area contributed by atoms with Gasteiger partial charge in [0, 0.05) is 11.1 Å². The molecule has 0 heterocycles. The first kappa shape index (κ1) is 22.2. The molecule has 0 aliphatic heterocycles. The summed E-state index contributed by atoms with van der Waals surface area (Å²) in [6.07, 6.45) is 4.46. The van der Waals surface area contributed by atoms with E-state index in [1.807, 2.05) is 0 Å². The van der Waals surface area contributed by atoms with Gasteiger partial charge in [-0.05, 0) is 102 Å². The number of anilines is 1. The number of aryl methyl sites for hydroxylation is 2. The summed E-state index contributed by atoms with van der Waals surface area (Å²) in [6.45, 7) is 0. The fourth-order valence-electron chi connectivity index (χ4n) is 6.28.